The molecule has 6 heteroatoms. The van der Waals surface area contributed by atoms with Crippen LogP contribution in [0.15, 0.2) is 77.9 Å². The fourth-order valence-corrected chi connectivity index (χ4v) is 2.92. The lowest BCUT2D eigenvalue weighted by molar-refractivity contribution is 0.285. The Bertz CT molecular complexity index is 1170. The summed E-state index contributed by atoms with van der Waals surface area (Å²) >= 11 is 0. The molecule has 0 bridgehead atoms. The topological polar surface area (TPSA) is 53.4 Å². The summed E-state index contributed by atoms with van der Waals surface area (Å²) < 4.78 is 25.8. The molecule has 0 aliphatic carbocycles. The van der Waals surface area contributed by atoms with Gasteiger partial charge in [-0.3, -0.25) is 9.36 Å². The number of aromatic nitrogens is 2. The second-order valence-corrected chi connectivity index (χ2v) is 6.19. The lowest BCUT2D eigenvalue weighted by Gasteiger charge is -2.13. The minimum absolute atomic E-state index is 0.274. The van der Waals surface area contributed by atoms with E-state index in [2.05, 4.69) is 4.98 Å². The predicted octanol–water partition coefficient (Wildman–Crippen LogP) is 4.11. The maximum atomic E-state index is 13.2. The van der Waals surface area contributed by atoms with Crippen LogP contribution >= 0.6 is 0 Å². The van der Waals surface area contributed by atoms with E-state index >= 15 is 0 Å². The smallest absolute Gasteiger partial charge is 0.265 e. The molecular weight excluding hydrogens is 359 g/mol. The maximum absolute atomic E-state index is 13.2. The molecule has 0 radical (unpaired) electrons. The highest BCUT2D eigenvalue weighted by Gasteiger charge is 2.13. The lowest BCUT2D eigenvalue weighted by Crippen LogP contribution is -2.19. The quantitative estimate of drug-likeness (QED) is 0.526. The number of ether oxygens (including phenoxy) is 2. The van der Waals surface area contributed by atoms with Crippen molar-refractivity contribution in [3.63, 3.8) is 0 Å². The van der Waals surface area contributed by atoms with Gasteiger partial charge in [-0.2, -0.15) is 0 Å². The van der Waals surface area contributed by atoms with Crippen LogP contribution in [0.5, 0.6) is 11.5 Å². The molecule has 0 aliphatic heterocycles. The van der Waals surface area contributed by atoms with Crippen molar-refractivity contribution in [3.8, 4) is 17.2 Å². The van der Waals surface area contributed by atoms with E-state index in [1.165, 1.54) is 42.3 Å². The van der Waals surface area contributed by atoms with E-state index < -0.39 is 0 Å². The predicted molar refractivity (Wildman–Crippen MR) is 105 cm³/mol. The number of rotatable bonds is 5. The molecule has 0 fully saturated rings. The zero-order valence-corrected chi connectivity index (χ0v) is 15.1. The third-order valence-corrected chi connectivity index (χ3v) is 4.39. The van der Waals surface area contributed by atoms with E-state index in [9.17, 15) is 9.18 Å². The number of hydrogen-bond donors (Lipinski definition) is 0. The van der Waals surface area contributed by atoms with Crippen LogP contribution in [0.1, 0.15) is 5.56 Å². The summed E-state index contributed by atoms with van der Waals surface area (Å²) in [6.07, 6.45) is 1.42. The zero-order chi connectivity index (χ0) is 19.5. The molecule has 0 amide bonds. The van der Waals surface area contributed by atoms with Crippen molar-refractivity contribution in [2.24, 2.45) is 0 Å². The van der Waals surface area contributed by atoms with Crippen molar-refractivity contribution >= 4 is 10.9 Å². The van der Waals surface area contributed by atoms with Crippen molar-refractivity contribution in [2.75, 3.05) is 7.11 Å². The molecule has 5 nitrogen and oxygen atoms in total. The molecule has 4 rings (SSSR count). The van der Waals surface area contributed by atoms with Crippen LogP contribution in [0.25, 0.3) is 16.6 Å². The van der Waals surface area contributed by atoms with E-state index in [-0.39, 0.29) is 11.4 Å². The van der Waals surface area contributed by atoms with E-state index in [4.69, 9.17) is 9.47 Å². The number of benzene rings is 3. The number of nitrogens with zero attached hydrogens (tertiary/aromatic N) is 2. The molecule has 0 unspecified atom stereocenters. The van der Waals surface area contributed by atoms with Crippen LogP contribution in [0, 0.1) is 5.82 Å². The SMILES string of the molecule is COc1cc2c(=O)n(-c3ccc(F)cc3)cnc2cc1OCc1ccccc1. The second-order valence-electron chi connectivity index (χ2n) is 6.19. The minimum Gasteiger partial charge on any atom is -0.493 e. The van der Waals surface area contributed by atoms with Crippen molar-refractivity contribution in [1.29, 1.82) is 0 Å². The van der Waals surface area contributed by atoms with Crippen LogP contribution in [0.4, 0.5) is 4.39 Å². The van der Waals surface area contributed by atoms with Crippen molar-refractivity contribution < 1.29 is 13.9 Å². The van der Waals surface area contributed by atoms with Crippen molar-refractivity contribution in [2.45, 2.75) is 6.61 Å². The Morgan fingerprint density at radius 2 is 1.75 bits per heavy atom. The molecule has 0 spiro atoms. The van der Waals surface area contributed by atoms with Gasteiger partial charge in [0, 0.05) is 6.07 Å². The summed E-state index contributed by atoms with van der Waals surface area (Å²) in [5.41, 5.74) is 1.77. The summed E-state index contributed by atoms with van der Waals surface area (Å²) in [4.78, 5) is 17.3. The highest BCUT2D eigenvalue weighted by atomic mass is 19.1. The Labute approximate surface area is 160 Å². The van der Waals surface area contributed by atoms with E-state index in [1.54, 1.807) is 12.1 Å². The third-order valence-electron chi connectivity index (χ3n) is 4.39. The van der Waals surface area contributed by atoms with E-state index in [0.717, 1.165) is 5.56 Å². The van der Waals surface area contributed by atoms with Gasteiger partial charge in [-0.15, -0.1) is 0 Å². The van der Waals surface area contributed by atoms with Gasteiger partial charge < -0.3 is 9.47 Å². The van der Waals surface area contributed by atoms with E-state index in [0.29, 0.717) is 34.7 Å². The molecule has 3 aromatic carbocycles. The van der Waals surface area contributed by atoms with Gasteiger partial charge in [-0.25, -0.2) is 9.37 Å². The van der Waals surface area contributed by atoms with Crippen molar-refractivity contribution in [3.05, 3.63) is 94.8 Å². The van der Waals surface area contributed by atoms with Gasteiger partial charge in [0.05, 0.1) is 23.7 Å². The summed E-state index contributed by atoms with van der Waals surface area (Å²) in [5, 5.41) is 0.385. The molecule has 28 heavy (non-hydrogen) atoms. The van der Waals surface area contributed by atoms with Crippen LogP contribution in [-0.2, 0) is 6.61 Å². The summed E-state index contributed by atoms with van der Waals surface area (Å²) in [7, 11) is 1.52. The fraction of sp³-hybridized carbons (Fsp3) is 0.0909. The Kier molecular flexibility index (Phi) is 4.76. The number of methoxy groups -OCH3 is 1. The normalized spacial score (nSPS) is 10.8. The monoisotopic (exact) mass is 376 g/mol. The zero-order valence-electron chi connectivity index (χ0n) is 15.1. The molecule has 0 N–H and O–H groups in total. The lowest BCUT2D eigenvalue weighted by atomic mass is 10.2. The molecule has 0 aliphatic rings. The van der Waals surface area contributed by atoms with Gasteiger partial charge in [0.15, 0.2) is 11.5 Å². The summed E-state index contributed by atoms with van der Waals surface area (Å²) in [6.45, 7) is 0.370. The largest absolute Gasteiger partial charge is 0.493 e. The van der Waals surface area contributed by atoms with Gasteiger partial charge in [-0.1, -0.05) is 30.3 Å². The Morgan fingerprint density at radius 1 is 1.00 bits per heavy atom. The number of fused-ring (bicyclic) bond motifs is 1. The second kappa shape index (κ2) is 7.52. The number of hydrogen-bond acceptors (Lipinski definition) is 4. The molecule has 0 saturated carbocycles. The van der Waals surface area contributed by atoms with Crippen LogP contribution in [0.3, 0.4) is 0 Å². The van der Waals surface area contributed by atoms with Crippen LogP contribution < -0.4 is 15.0 Å². The average molecular weight is 376 g/mol. The fourth-order valence-electron chi connectivity index (χ4n) is 2.92. The first-order valence-electron chi connectivity index (χ1n) is 8.68. The highest BCUT2D eigenvalue weighted by molar-refractivity contribution is 5.82. The maximum Gasteiger partial charge on any atom is 0.265 e. The Balaban J connectivity index is 1.73. The van der Waals surface area contributed by atoms with Gasteiger partial charge in [0.2, 0.25) is 0 Å². The van der Waals surface area contributed by atoms with Gasteiger partial charge in [-0.05, 0) is 35.9 Å². The summed E-state index contributed by atoms with van der Waals surface area (Å²) in [5.74, 6) is 0.580. The summed E-state index contributed by atoms with van der Waals surface area (Å²) in [6, 6.07) is 18.7. The first-order valence-corrected chi connectivity index (χ1v) is 8.68. The first kappa shape index (κ1) is 17.7. The van der Waals surface area contributed by atoms with Crippen molar-refractivity contribution in [1.82, 2.24) is 9.55 Å². The molecule has 1 heterocycles. The van der Waals surface area contributed by atoms with Gasteiger partial charge in [0.1, 0.15) is 18.8 Å². The molecule has 4 aromatic rings. The Morgan fingerprint density at radius 3 is 2.46 bits per heavy atom. The van der Waals surface area contributed by atoms with Crippen LogP contribution in [-0.4, -0.2) is 16.7 Å². The third kappa shape index (κ3) is 3.44. The Hall–Kier alpha value is -3.67. The molecular formula is C22H17FN2O3. The molecule has 1 aromatic heterocycles. The first-order chi connectivity index (χ1) is 13.7. The highest BCUT2D eigenvalue weighted by Crippen LogP contribution is 2.31. The van der Waals surface area contributed by atoms with Crippen LogP contribution in [0.2, 0.25) is 0 Å². The standard InChI is InChI=1S/C22H17FN2O3/c1-27-20-11-18-19(12-21(20)28-13-15-5-3-2-4-6-15)24-14-25(22(18)26)17-9-7-16(23)8-10-17/h2-12,14H,13H2,1H3. The number of halogens is 1. The van der Waals surface area contributed by atoms with Gasteiger partial charge >= 0.3 is 0 Å². The van der Waals surface area contributed by atoms with Gasteiger partial charge in [0.25, 0.3) is 5.56 Å². The molecule has 140 valence electrons. The molecule has 0 saturated heterocycles. The average Bonchev–Trinajstić information content (AvgIpc) is 2.73. The minimum atomic E-state index is -0.368. The molecule has 0 atom stereocenters. The van der Waals surface area contributed by atoms with E-state index in [1.807, 2.05) is 30.3 Å².